The minimum atomic E-state index is -0.0568. The largest absolute Gasteiger partial charge is 0.352 e. The number of nitrogens with one attached hydrogen (secondary N) is 1. The summed E-state index contributed by atoms with van der Waals surface area (Å²) in [4.78, 5) is 12.3. The van der Waals surface area contributed by atoms with E-state index in [0.29, 0.717) is 17.1 Å². The Balaban J connectivity index is 2.50. The molecule has 0 atom stereocenters. The third kappa shape index (κ3) is 3.27. The first-order valence-corrected chi connectivity index (χ1v) is 7.58. The van der Waals surface area contributed by atoms with Gasteiger partial charge in [-0.2, -0.15) is 5.10 Å². The van der Waals surface area contributed by atoms with Gasteiger partial charge in [-0.25, -0.2) is 4.68 Å². The van der Waals surface area contributed by atoms with Crippen LogP contribution in [0.3, 0.4) is 0 Å². The second kappa shape index (κ2) is 6.76. The van der Waals surface area contributed by atoms with E-state index in [1.807, 2.05) is 42.8 Å². The molecule has 1 aromatic heterocycles. The molecule has 2 rings (SSSR count). The Bertz CT molecular complexity index is 632. The maximum Gasteiger partial charge on any atom is 0.255 e. The van der Waals surface area contributed by atoms with Crippen molar-refractivity contribution in [2.24, 2.45) is 0 Å². The highest BCUT2D eigenvalue weighted by molar-refractivity contribution is 6.30. The normalized spacial score (nSPS) is 10.7. The number of amides is 1. The van der Waals surface area contributed by atoms with Gasteiger partial charge in [0.2, 0.25) is 0 Å². The van der Waals surface area contributed by atoms with Crippen LogP contribution in [0.4, 0.5) is 0 Å². The van der Waals surface area contributed by atoms with Crippen molar-refractivity contribution in [3.05, 3.63) is 46.2 Å². The zero-order valence-corrected chi connectivity index (χ0v) is 13.4. The molecule has 0 fully saturated rings. The molecule has 2 aromatic rings. The zero-order valence-electron chi connectivity index (χ0n) is 12.6. The van der Waals surface area contributed by atoms with Crippen LogP contribution in [0.2, 0.25) is 5.02 Å². The topological polar surface area (TPSA) is 46.9 Å². The van der Waals surface area contributed by atoms with Crippen LogP contribution in [0.1, 0.15) is 42.0 Å². The number of halogens is 1. The minimum Gasteiger partial charge on any atom is -0.352 e. The smallest absolute Gasteiger partial charge is 0.255 e. The molecule has 112 valence electrons. The van der Waals surface area contributed by atoms with Crippen molar-refractivity contribution in [2.75, 3.05) is 6.54 Å². The lowest BCUT2D eigenvalue weighted by molar-refractivity contribution is 0.0954. The van der Waals surface area contributed by atoms with E-state index in [9.17, 15) is 4.79 Å². The molecule has 5 heteroatoms. The van der Waals surface area contributed by atoms with Gasteiger partial charge in [0, 0.05) is 11.6 Å². The van der Waals surface area contributed by atoms with E-state index in [4.69, 9.17) is 11.6 Å². The molecule has 1 amide bonds. The van der Waals surface area contributed by atoms with Gasteiger partial charge in [0.05, 0.1) is 22.6 Å². The number of aryl methyl sites for hydroxylation is 1. The molecule has 0 radical (unpaired) electrons. The van der Waals surface area contributed by atoms with Crippen LogP contribution >= 0.6 is 11.6 Å². The Hall–Kier alpha value is -1.81. The maximum absolute atomic E-state index is 12.3. The lowest BCUT2D eigenvalue weighted by atomic mass is 10.1. The fourth-order valence-corrected chi connectivity index (χ4v) is 2.48. The van der Waals surface area contributed by atoms with E-state index in [1.54, 1.807) is 0 Å². The number of carbonyl (C=O) groups excluding carboxylic acids is 1. The average Bonchev–Trinajstić information content (AvgIpc) is 2.77. The van der Waals surface area contributed by atoms with Gasteiger partial charge in [-0.05, 0) is 44.5 Å². The first-order valence-electron chi connectivity index (χ1n) is 7.21. The average molecular weight is 306 g/mol. The Morgan fingerprint density at radius 2 is 1.95 bits per heavy atom. The van der Waals surface area contributed by atoms with E-state index in [2.05, 4.69) is 17.3 Å². The van der Waals surface area contributed by atoms with Gasteiger partial charge in [-0.3, -0.25) is 4.79 Å². The Morgan fingerprint density at radius 1 is 1.29 bits per heavy atom. The highest BCUT2D eigenvalue weighted by Crippen LogP contribution is 2.21. The van der Waals surface area contributed by atoms with Gasteiger partial charge in [-0.1, -0.05) is 24.9 Å². The third-order valence-electron chi connectivity index (χ3n) is 3.31. The van der Waals surface area contributed by atoms with E-state index < -0.39 is 0 Å². The number of benzene rings is 1. The summed E-state index contributed by atoms with van der Waals surface area (Å²) in [6.45, 7) is 6.52. The van der Waals surface area contributed by atoms with Crippen LogP contribution in [0.25, 0.3) is 5.69 Å². The van der Waals surface area contributed by atoms with E-state index >= 15 is 0 Å². The standard InChI is InChI=1S/C16H20ClN3O/c1-4-6-14-15(16(21)18-5-2)11(3)20(19-14)13-9-7-12(17)8-10-13/h7-10H,4-6H2,1-3H3,(H,18,21). The molecular weight excluding hydrogens is 286 g/mol. The van der Waals surface area contributed by atoms with Crippen molar-refractivity contribution in [3.63, 3.8) is 0 Å². The number of hydrogen-bond donors (Lipinski definition) is 1. The molecule has 0 aliphatic rings. The summed E-state index contributed by atoms with van der Waals surface area (Å²) in [6.07, 6.45) is 1.73. The quantitative estimate of drug-likeness (QED) is 0.918. The molecule has 0 unspecified atom stereocenters. The highest BCUT2D eigenvalue weighted by Gasteiger charge is 2.20. The third-order valence-corrected chi connectivity index (χ3v) is 3.56. The van der Waals surface area contributed by atoms with Crippen LogP contribution in [0.5, 0.6) is 0 Å². The van der Waals surface area contributed by atoms with Gasteiger partial charge in [0.1, 0.15) is 0 Å². The van der Waals surface area contributed by atoms with Gasteiger partial charge in [-0.15, -0.1) is 0 Å². The van der Waals surface area contributed by atoms with Crippen molar-refractivity contribution >= 4 is 17.5 Å². The van der Waals surface area contributed by atoms with Crippen molar-refractivity contribution in [1.29, 1.82) is 0 Å². The van der Waals surface area contributed by atoms with Crippen molar-refractivity contribution in [3.8, 4) is 5.69 Å². The summed E-state index contributed by atoms with van der Waals surface area (Å²) in [6, 6.07) is 7.45. The van der Waals surface area contributed by atoms with Gasteiger partial charge in [0.15, 0.2) is 0 Å². The second-order valence-electron chi connectivity index (χ2n) is 4.90. The predicted octanol–water partition coefficient (Wildman–Crippen LogP) is 3.54. The Kier molecular flexibility index (Phi) is 5.02. The summed E-state index contributed by atoms with van der Waals surface area (Å²) in [7, 11) is 0. The summed E-state index contributed by atoms with van der Waals surface area (Å²) in [5.41, 5.74) is 3.29. The van der Waals surface area contributed by atoms with Crippen molar-refractivity contribution in [1.82, 2.24) is 15.1 Å². The fourth-order valence-electron chi connectivity index (χ4n) is 2.35. The van der Waals surface area contributed by atoms with E-state index in [0.717, 1.165) is 29.9 Å². The van der Waals surface area contributed by atoms with Crippen molar-refractivity contribution < 1.29 is 4.79 Å². The van der Waals surface area contributed by atoms with E-state index in [1.165, 1.54) is 0 Å². The van der Waals surface area contributed by atoms with Gasteiger partial charge >= 0.3 is 0 Å². The number of nitrogens with zero attached hydrogens (tertiary/aromatic N) is 2. The summed E-state index contributed by atoms with van der Waals surface area (Å²) < 4.78 is 1.81. The van der Waals surface area contributed by atoms with Crippen LogP contribution in [-0.2, 0) is 6.42 Å². The number of carbonyl (C=O) groups is 1. The Morgan fingerprint density at radius 3 is 2.52 bits per heavy atom. The molecule has 21 heavy (non-hydrogen) atoms. The molecule has 1 aromatic carbocycles. The molecule has 1 heterocycles. The second-order valence-corrected chi connectivity index (χ2v) is 5.34. The lowest BCUT2D eigenvalue weighted by Crippen LogP contribution is -2.24. The SMILES string of the molecule is CCCc1nn(-c2ccc(Cl)cc2)c(C)c1C(=O)NCC. The Labute approximate surface area is 130 Å². The van der Waals surface area contributed by atoms with Gasteiger partial charge < -0.3 is 5.32 Å². The number of hydrogen-bond acceptors (Lipinski definition) is 2. The predicted molar refractivity (Wildman–Crippen MR) is 85.3 cm³/mol. The molecule has 0 saturated carbocycles. The summed E-state index contributed by atoms with van der Waals surface area (Å²) in [5, 5.41) is 8.16. The monoisotopic (exact) mass is 305 g/mol. The molecule has 0 aliphatic carbocycles. The molecule has 1 N–H and O–H groups in total. The molecule has 4 nitrogen and oxygen atoms in total. The highest BCUT2D eigenvalue weighted by atomic mass is 35.5. The van der Waals surface area contributed by atoms with Crippen LogP contribution in [0, 0.1) is 6.92 Å². The first-order chi connectivity index (χ1) is 10.1. The van der Waals surface area contributed by atoms with Crippen LogP contribution in [0.15, 0.2) is 24.3 Å². The zero-order chi connectivity index (χ0) is 15.4. The van der Waals surface area contributed by atoms with Crippen molar-refractivity contribution in [2.45, 2.75) is 33.6 Å². The first kappa shape index (κ1) is 15.6. The van der Waals surface area contributed by atoms with Gasteiger partial charge in [0.25, 0.3) is 5.91 Å². The number of aromatic nitrogens is 2. The fraction of sp³-hybridized carbons (Fsp3) is 0.375. The maximum atomic E-state index is 12.3. The molecule has 0 spiro atoms. The minimum absolute atomic E-state index is 0.0568. The molecule has 0 bridgehead atoms. The summed E-state index contributed by atoms with van der Waals surface area (Å²) in [5.74, 6) is -0.0568. The molecular formula is C16H20ClN3O. The molecule has 0 saturated heterocycles. The van der Waals surface area contributed by atoms with E-state index in [-0.39, 0.29) is 5.91 Å². The number of rotatable bonds is 5. The van der Waals surface area contributed by atoms with Crippen LogP contribution < -0.4 is 5.32 Å². The molecule has 0 aliphatic heterocycles. The summed E-state index contributed by atoms with van der Waals surface area (Å²) >= 11 is 5.92. The van der Waals surface area contributed by atoms with Crippen LogP contribution in [-0.4, -0.2) is 22.2 Å². The lowest BCUT2D eigenvalue weighted by Gasteiger charge is -2.05.